The Balaban J connectivity index is 1.52. The van der Waals surface area contributed by atoms with Gasteiger partial charge >= 0.3 is 5.97 Å². The van der Waals surface area contributed by atoms with Gasteiger partial charge in [0.2, 0.25) is 0 Å². The van der Waals surface area contributed by atoms with Crippen LogP contribution in [0.5, 0.6) is 0 Å². The zero-order valence-electron chi connectivity index (χ0n) is 16.6. The maximum Gasteiger partial charge on any atom is 0.357 e. The van der Waals surface area contributed by atoms with Crippen LogP contribution in [0, 0.1) is 6.92 Å². The lowest BCUT2D eigenvalue weighted by atomic mass is 10.0. The van der Waals surface area contributed by atoms with E-state index in [0.29, 0.717) is 12.4 Å². The molecule has 0 aliphatic carbocycles. The third kappa shape index (κ3) is 4.12. The number of fused-ring (bicyclic) bond motifs is 1. The molecule has 1 aliphatic heterocycles. The third-order valence-corrected chi connectivity index (χ3v) is 4.90. The number of aryl methyl sites for hydroxylation is 2. The predicted molar refractivity (Wildman–Crippen MR) is 111 cm³/mol. The minimum absolute atomic E-state index is 0.135. The summed E-state index contributed by atoms with van der Waals surface area (Å²) in [6.07, 6.45) is 3.44. The van der Waals surface area contributed by atoms with Gasteiger partial charge in [0.25, 0.3) is 5.91 Å². The number of esters is 1. The first-order chi connectivity index (χ1) is 14.6. The number of anilines is 1. The van der Waals surface area contributed by atoms with Gasteiger partial charge in [-0.15, -0.1) is 5.10 Å². The van der Waals surface area contributed by atoms with Crippen molar-refractivity contribution in [2.75, 3.05) is 18.1 Å². The van der Waals surface area contributed by atoms with Crippen molar-refractivity contribution in [1.29, 1.82) is 0 Å². The van der Waals surface area contributed by atoms with E-state index in [2.05, 4.69) is 15.5 Å². The Hall–Kier alpha value is -3.81. The first kappa shape index (κ1) is 19.5. The molecule has 0 N–H and O–H groups in total. The summed E-state index contributed by atoms with van der Waals surface area (Å²) in [5, 5.41) is 11.3. The number of hydrogen-bond donors (Lipinski definition) is 0. The molecule has 0 bridgehead atoms. The Kier molecular flexibility index (Phi) is 5.65. The van der Waals surface area contributed by atoms with Gasteiger partial charge < -0.3 is 9.64 Å². The molecule has 1 amide bonds. The minimum atomic E-state index is -0.673. The van der Waals surface area contributed by atoms with E-state index in [-0.39, 0.29) is 18.2 Å². The van der Waals surface area contributed by atoms with Crippen LogP contribution in [0.1, 0.15) is 23.4 Å². The van der Waals surface area contributed by atoms with Gasteiger partial charge in [-0.2, -0.15) is 4.68 Å². The van der Waals surface area contributed by atoms with Crippen molar-refractivity contribution in [3.05, 3.63) is 71.5 Å². The number of tetrazole rings is 1. The van der Waals surface area contributed by atoms with E-state index < -0.39 is 5.97 Å². The maximum atomic E-state index is 12.9. The molecule has 4 rings (SSSR count). The molecule has 3 aromatic rings. The number of amides is 1. The van der Waals surface area contributed by atoms with Gasteiger partial charge in [0.15, 0.2) is 18.1 Å². The van der Waals surface area contributed by atoms with Crippen molar-refractivity contribution in [3.8, 4) is 0 Å². The number of hydrogen-bond acceptors (Lipinski definition) is 6. The highest BCUT2D eigenvalue weighted by molar-refractivity contribution is 6.15. The fraction of sp³-hybridized carbons (Fsp3) is 0.227. The highest BCUT2D eigenvalue weighted by Crippen LogP contribution is 2.26. The second-order valence-corrected chi connectivity index (χ2v) is 6.93. The molecule has 0 saturated heterocycles. The molecule has 0 saturated carbocycles. The molecule has 8 nitrogen and oxygen atoms in total. The minimum Gasteiger partial charge on any atom is -0.451 e. The van der Waals surface area contributed by atoms with E-state index in [4.69, 9.17) is 4.74 Å². The predicted octanol–water partition coefficient (Wildman–Crippen LogP) is 2.50. The molecular formula is C22H21N5O3. The Morgan fingerprint density at radius 3 is 2.63 bits per heavy atom. The molecule has 2 heterocycles. The average Bonchev–Trinajstić information content (AvgIpc) is 3.21. The Labute approximate surface area is 173 Å². The first-order valence-corrected chi connectivity index (χ1v) is 9.71. The average molecular weight is 403 g/mol. The van der Waals surface area contributed by atoms with E-state index in [1.54, 1.807) is 17.9 Å². The summed E-state index contributed by atoms with van der Waals surface area (Å²) in [6.45, 7) is 1.93. The van der Waals surface area contributed by atoms with Gasteiger partial charge in [0.05, 0.1) is 0 Å². The van der Waals surface area contributed by atoms with Crippen molar-refractivity contribution in [3.63, 3.8) is 0 Å². The normalized spacial score (nSPS) is 13.6. The maximum absolute atomic E-state index is 12.9. The zero-order chi connectivity index (χ0) is 20.9. The number of rotatable bonds is 5. The van der Waals surface area contributed by atoms with Gasteiger partial charge in [-0.3, -0.25) is 4.79 Å². The van der Waals surface area contributed by atoms with E-state index in [0.717, 1.165) is 29.7 Å². The van der Waals surface area contributed by atoms with Crippen molar-refractivity contribution in [1.82, 2.24) is 20.2 Å². The largest absolute Gasteiger partial charge is 0.451 e. The van der Waals surface area contributed by atoms with Crippen LogP contribution in [-0.2, 0) is 20.7 Å². The van der Waals surface area contributed by atoms with Crippen molar-refractivity contribution in [2.45, 2.75) is 19.8 Å². The van der Waals surface area contributed by atoms with Gasteiger partial charge in [0.1, 0.15) is 0 Å². The number of nitrogens with zero attached hydrogens (tertiary/aromatic N) is 5. The van der Waals surface area contributed by atoms with E-state index in [1.807, 2.05) is 54.6 Å². The van der Waals surface area contributed by atoms with Crippen LogP contribution < -0.4 is 4.90 Å². The zero-order valence-corrected chi connectivity index (χ0v) is 16.6. The number of ether oxygens (including phenoxy) is 1. The molecule has 0 fully saturated rings. The Bertz CT molecular complexity index is 1090. The van der Waals surface area contributed by atoms with E-state index in [1.165, 1.54) is 4.68 Å². The number of para-hydroxylation sites is 1. The highest BCUT2D eigenvalue weighted by atomic mass is 16.5. The number of carbonyl (C=O) groups is 2. The monoisotopic (exact) mass is 403 g/mol. The Morgan fingerprint density at radius 2 is 1.87 bits per heavy atom. The quantitative estimate of drug-likeness (QED) is 0.480. The van der Waals surface area contributed by atoms with Crippen molar-refractivity contribution < 1.29 is 14.3 Å². The van der Waals surface area contributed by atoms with E-state index >= 15 is 0 Å². The molecule has 0 radical (unpaired) electrons. The van der Waals surface area contributed by atoms with Crippen molar-refractivity contribution in [2.24, 2.45) is 0 Å². The summed E-state index contributed by atoms with van der Waals surface area (Å²) in [6, 6.07) is 17.1. The van der Waals surface area contributed by atoms with Crippen LogP contribution in [0.4, 0.5) is 5.69 Å². The number of carbonyl (C=O) groups excluding carboxylic acids is 2. The van der Waals surface area contributed by atoms with Crippen LogP contribution in [-0.4, -0.2) is 45.2 Å². The molecule has 1 aliphatic rings. The SMILES string of the molecule is Cc1nnnn1/C(=C\c1ccccc1)C(=O)OCC(=O)N1CCCc2ccccc21. The molecule has 1 aromatic heterocycles. The summed E-state index contributed by atoms with van der Waals surface area (Å²) in [7, 11) is 0. The second kappa shape index (κ2) is 8.69. The molecule has 0 atom stereocenters. The Morgan fingerprint density at radius 1 is 1.10 bits per heavy atom. The standard InChI is InChI=1S/C22H21N5O3/c1-16-23-24-25-27(16)20(14-17-8-3-2-4-9-17)22(29)30-15-21(28)26-13-7-11-18-10-5-6-12-19(18)26/h2-6,8-10,12,14H,7,11,13,15H2,1H3/b20-14-. The second-order valence-electron chi connectivity index (χ2n) is 6.93. The molecule has 2 aromatic carbocycles. The topological polar surface area (TPSA) is 90.2 Å². The highest BCUT2D eigenvalue weighted by Gasteiger charge is 2.24. The molecule has 152 valence electrons. The fourth-order valence-electron chi connectivity index (χ4n) is 3.44. The molecule has 30 heavy (non-hydrogen) atoms. The summed E-state index contributed by atoms with van der Waals surface area (Å²) in [4.78, 5) is 27.3. The number of benzene rings is 2. The number of aromatic nitrogens is 4. The lowest BCUT2D eigenvalue weighted by Gasteiger charge is -2.29. The molecule has 0 spiro atoms. The molecule has 8 heteroatoms. The van der Waals surface area contributed by atoms with Gasteiger partial charge in [-0.1, -0.05) is 48.5 Å². The molecule has 0 unspecified atom stereocenters. The van der Waals surface area contributed by atoms with Gasteiger partial charge in [-0.05, 0) is 53.5 Å². The lowest BCUT2D eigenvalue weighted by molar-refractivity contribution is -0.142. The van der Waals surface area contributed by atoms with Gasteiger partial charge in [0, 0.05) is 12.2 Å². The van der Waals surface area contributed by atoms with Crippen LogP contribution in [0.3, 0.4) is 0 Å². The summed E-state index contributed by atoms with van der Waals surface area (Å²) < 4.78 is 6.67. The van der Waals surface area contributed by atoms with Crippen LogP contribution >= 0.6 is 0 Å². The van der Waals surface area contributed by atoms with Crippen LogP contribution in [0.15, 0.2) is 54.6 Å². The van der Waals surface area contributed by atoms with Crippen LogP contribution in [0.2, 0.25) is 0 Å². The van der Waals surface area contributed by atoms with Crippen LogP contribution in [0.25, 0.3) is 11.8 Å². The third-order valence-electron chi connectivity index (χ3n) is 4.90. The lowest BCUT2D eigenvalue weighted by Crippen LogP contribution is -2.38. The van der Waals surface area contributed by atoms with Gasteiger partial charge in [-0.25, -0.2) is 4.79 Å². The smallest absolute Gasteiger partial charge is 0.357 e. The summed E-state index contributed by atoms with van der Waals surface area (Å²) in [5.74, 6) is -0.499. The summed E-state index contributed by atoms with van der Waals surface area (Å²) in [5.41, 5.74) is 2.92. The fourth-order valence-corrected chi connectivity index (χ4v) is 3.44. The molecular weight excluding hydrogens is 382 g/mol. The first-order valence-electron chi connectivity index (χ1n) is 9.71. The van der Waals surface area contributed by atoms with E-state index in [9.17, 15) is 9.59 Å². The summed E-state index contributed by atoms with van der Waals surface area (Å²) >= 11 is 0. The van der Waals surface area contributed by atoms with Crippen molar-refractivity contribution >= 4 is 29.3 Å².